The molecule has 1 aliphatic rings. The predicted molar refractivity (Wildman–Crippen MR) is 127 cm³/mol. The van der Waals surface area contributed by atoms with Gasteiger partial charge in [0.2, 0.25) is 0 Å². The quantitative estimate of drug-likeness (QED) is 0.515. The summed E-state index contributed by atoms with van der Waals surface area (Å²) in [6.07, 6.45) is 5.19. The molecule has 0 radical (unpaired) electrons. The van der Waals surface area contributed by atoms with Gasteiger partial charge in [-0.15, -0.1) is 11.3 Å². The van der Waals surface area contributed by atoms with Crippen LogP contribution in [0.4, 0.5) is 11.6 Å². The summed E-state index contributed by atoms with van der Waals surface area (Å²) in [7, 11) is 2.11. The van der Waals surface area contributed by atoms with Crippen molar-refractivity contribution >= 4 is 39.7 Å². The standard InChI is InChI=1S/C23H23N7OS/c1-15-14-32-23(27-15)19-9-17-10-20(26-13-18(17)12-25-19)28-22(31)16-3-4-24-21(11-16)30-7-5-29(2)6-8-30/h3-4,9-14H,5-8H2,1-2H3,(H,26,28,31). The minimum Gasteiger partial charge on any atom is -0.354 e. The van der Waals surface area contributed by atoms with E-state index in [2.05, 4.69) is 42.1 Å². The Bertz CT molecular complexity index is 1280. The Labute approximate surface area is 190 Å². The first-order valence-electron chi connectivity index (χ1n) is 10.4. The van der Waals surface area contributed by atoms with E-state index >= 15 is 0 Å². The second kappa shape index (κ2) is 8.60. The zero-order chi connectivity index (χ0) is 22.1. The van der Waals surface area contributed by atoms with E-state index in [0.717, 1.165) is 59.2 Å². The van der Waals surface area contributed by atoms with Crippen LogP contribution in [0.3, 0.4) is 0 Å². The third-order valence-electron chi connectivity index (χ3n) is 5.52. The summed E-state index contributed by atoms with van der Waals surface area (Å²) >= 11 is 1.56. The molecule has 5 rings (SSSR count). The van der Waals surface area contributed by atoms with Crippen LogP contribution in [-0.2, 0) is 0 Å². The highest BCUT2D eigenvalue weighted by molar-refractivity contribution is 7.13. The van der Waals surface area contributed by atoms with Gasteiger partial charge >= 0.3 is 0 Å². The van der Waals surface area contributed by atoms with Crippen molar-refractivity contribution in [3.05, 3.63) is 59.5 Å². The van der Waals surface area contributed by atoms with E-state index in [4.69, 9.17) is 0 Å². The number of piperazine rings is 1. The molecule has 0 bridgehead atoms. The van der Waals surface area contributed by atoms with Crippen molar-refractivity contribution in [1.82, 2.24) is 24.8 Å². The number of nitrogens with one attached hydrogen (secondary N) is 1. The molecule has 1 N–H and O–H groups in total. The van der Waals surface area contributed by atoms with Gasteiger partial charge in [-0.25, -0.2) is 15.0 Å². The molecule has 0 atom stereocenters. The van der Waals surface area contributed by atoms with E-state index < -0.39 is 0 Å². The lowest BCUT2D eigenvalue weighted by Crippen LogP contribution is -2.44. The smallest absolute Gasteiger partial charge is 0.257 e. The number of anilines is 2. The fourth-order valence-corrected chi connectivity index (χ4v) is 4.42. The minimum absolute atomic E-state index is 0.209. The lowest BCUT2D eigenvalue weighted by molar-refractivity contribution is 0.102. The van der Waals surface area contributed by atoms with Gasteiger partial charge in [0, 0.05) is 66.8 Å². The van der Waals surface area contributed by atoms with Gasteiger partial charge in [0.05, 0.1) is 5.69 Å². The number of hydrogen-bond acceptors (Lipinski definition) is 8. The molecule has 4 aromatic rings. The zero-order valence-corrected chi connectivity index (χ0v) is 18.8. The molecule has 0 unspecified atom stereocenters. The number of carbonyl (C=O) groups excluding carboxylic acids is 1. The molecular formula is C23H23N7OS. The van der Waals surface area contributed by atoms with Gasteiger partial charge in [-0.1, -0.05) is 0 Å². The fourth-order valence-electron chi connectivity index (χ4n) is 3.65. The van der Waals surface area contributed by atoms with Crippen LogP contribution in [0.2, 0.25) is 0 Å². The maximum atomic E-state index is 12.9. The molecule has 1 saturated heterocycles. The Balaban J connectivity index is 1.36. The Morgan fingerprint density at radius 1 is 1.03 bits per heavy atom. The van der Waals surface area contributed by atoms with Gasteiger partial charge in [0.15, 0.2) is 0 Å². The summed E-state index contributed by atoms with van der Waals surface area (Å²) < 4.78 is 0. The maximum absolute atomic E-state index is 12.9. The van der Waals surface area contributed by atoms with E-state index in [1.165, 1.54) is 0 Å². The summed E-state index contributed by atoms with van der Waals surface area (Å²) in [6, 6.07) is 7.40. The van der Waals surface area contributed by atoms with Crippen molar-refractivity contribution in [2.24, 2.45) is 0 Å². The van der Waals surface area contributed by atoms with Crippen LogP contribution in [0.15, 0.2) is 48.2 Å². The molecule has 1 amide bonds. The van der Waals surface area contributed by atoms with E-state index in [9.17, 15) is 4.79 Å². The number of likely N-dealkylation sites (N-methyl/N-ethyl adjacent to an activating group) is 1. The SMILES string of the molecule is Cc1csc(-c2cc3cc(NC(=O)c4ccnc(N5CCN(C)CC5)c4)ncc3cn2)n1. The van der Waals surface area contributed by atoms with E-state index in [1.54, 1.807) is 36.0 Å². The summed E-state index contributed by atoms with van der Waals surface area (Å²) in [4.78, 5) is 35.2. The number of nitrogens with zero attached hydrogens (tertiary/aromatic N) is 6. The van der Waals surface area contributed by atoms with Gasteiger partial charge < -0.3 is 15.1 Å². The number of fused-ring (bicyclic) bond motifs is 1. The zero-order valence-electron chi connectivity index (χ0n) is 17.9. The molecule has 0 spiro atoms. The molecule has 9 heteroatoms. The first-order chi connectivity index (χ1) is 15.5. The average molecular weight is 446 g/mol. The van der Waals surface area contributed by atoms with Crippen LogP contribution in [0.1, 0.15) is 16.1 Å². The molecule has 32 heavy (non-hydrogen) atoms. The average Bonchev–Trinajstić information content (AvgIpc) is 3.25. The predicted octanol–water partition coefficient (Wildman–Crippen LogP) is 3.46. The number of rotatable bonds is 4. The Morgan fingerprint density at radius 3 is 2.62 bits per heavy atom. The van der Waals surface area contributed by atoms with Gasteiger partial charge in [-0.2, -0.15) is 0 Å². The monoisotopic (exact) mass is 445 g/mol. The number of amides is 1. The first kappa shape index (κ1) is 20.5. The Hall–Kier alpha value is -3.43. The molecular weight excluding hydrogens is 422 g/mol. The molecule has 0 aromatic carbocycles. The van der Waals surface area contributed by atoms with Crippen LogP contribution in [-0.4, -0.2) is 64.0 Å². The lowest BCUT2D eigenvalue weighted by atomic mass is 10.2. The summed E-state index contributed by atoms with van der Waals surface area (Å²) in [5.74, 6) is 1.11. The number of carbonyl (C=O) groups is 1. The molecule has 162 valence electrons. The van der Waals surface area contributed by atoms with Crippen molar-refractivity contribution < 1.29 is 4.79 Å². The molecule has 1 aliphatic heterocycles. The van der Waals surface area contributed by atoms with Gasteiger partial charge in [-0.05, 0) is 43.6 Å². The summed E-state index contributed by atoms with van der Waals surface area (Å²) in [5.41, 5.74) is 2.34. The highest BCUT2D eigenvalue weighted by atomic mass is 32.1. The highest BCUT2D eigenvalue weighted by Gasteiger charge is 2.17. The summed E-state index contributed by atoms with van der Waals surface area (Å²) in [6.45, 7) is 5.73. The number of thiazole rings is 1. The van der Waals surface area contributed by atoms with Gasteiger partial charge in [-0.3, -0.25) is 9.78 Å². The van der Waals surface area contributed by atoms with Gasteiger partial charge in [0.1, 0.15) is 16.6 Å². The first-order valence-corrected chi connectivity index (χ1v) is 11.3. The number of pyridine rings is 3. The molecule has 5 heterocycles. The van der Waals surface area contributed by atoms with Crippen molar-refractivity contribution in [2.75, 3.05) is 43.4 Å². The van der Waals surface area contributed by atoms with Crippen LogP contribution >= 0.6 is 11.3 Å². The van der Waals surface area contributed by atoms with Crippen molar-refractivity contribution in [3.63, 3.8) is 0 Å². The second-order valence-corrected chi connectivity index (χ2v) is 8.79. The number of hydrogen-bond donors (Lipinski definition) is 1. The molecule has 0 aliphatic carbocycles. The van der Waals surface area contributed by atoms with E-state index in [1.807, 2.05) is 30.5 Å². The highest BCUT2D eigenvalue weighted by Crippen LogP contribution is 2.26. The second-order valence-electron chi connectivity index (χ2n) is 7.93. The van der Waals surface area contributed by atoms with Crippen LogP contribution in [0.25, 0.3) is 21.5 Å². The van der Waals surface area contributed by atoms with Crippen molar-refractivity contribution in [2.45, 2.75) is 6.92 Å². The van der Waals surface area contributed by atoms with Crippen LogP contribution in [0.5, 0.6) is 0 Å². The maximum Gasteiger partial charge on any atom is 0.257 e. The third-order valence-corrected chi connectivity index (χ3v) is 6.50. The molecule has 4 aromatic heterocycles. The van der Waals surface area contributed by atoms with E-state index in [-0.39, 0.29) is 5.91 Å². The topological polar surface area (TPSA) is 87.1 Å². The lowest BCUT2D eigenvalue weighted by Gasteiger charge is -2.33. The molecule has 1 fully saturated rings. The van der Waals surface area contributed by atoms with Crippen LogP contribution < -0.4 is 10.2 Å². The van der Waals surface area contributed by atoms with E-state index in [0.29, 0.717) is 11.4 Å². The number of aromatic nitrogens is 4. The largest absolute Gasteiger partial charge is 0.354 e. The van der Waals surface area contributed by atoms with Gasteiger partial charge in [0.25, 0.3) is 5.91 Å². The van der Waals surface area contributed by atoms with Crippen molar-refractivity contribution in [1.29, 1.82) is 0 Å². The third kappa shape index (κ3) is 4.30. The normalized spacial score (nSPS) is 14.6. The minimum atomic E-state index is -0.209. The Kier molecular flexibility index (Phi) is 5.50. The fraction of sp³-hybridized carbons (Fsp3) is 0.261. The van der Waals surface area contributed by atoms with Crippen molar-refractivity contribution in [3.8, 4) is 10.7 Å². The molecule has 8 nitrogen and oxygen atoms in total. The number of aryl methyl sites for hydroxylation is 1. The summed E-state index contributed by atoms with van der Waals surface area (Å²) in [5, 5.41) is 7.64. The Morgan fingerprint density at radius 2 is 1.84 bits per heavy atom. The molecule has 0 saturated carbocycles. The van der Waals surface area contributed by atoms with Crippen LogP contribution in [0, 0.1) is 6.92 Å².